The fourth-order valence-corrected chi connectivity index (χ4v) is 5.54. The number of hydrogen-bond donors (Lipinski definition) is 2. The minimum Gasteiger partial charge on any atom is -0.493 e. The summed E-state index contributed by atoms with van der Waals surface area (Å²) >= 11 is 0. The third-order valence-corrected chi connectivity index (χ3v) is 7.73. The maximum atomic E-state index is 10.7. The minimum absolute atomic E-state index is 0.0398. The first-order valence-corrected chi connectivity index (χ1v) is 13.4. The van der Waals surface area contributed by atoms with Gasteiger partial charge in [0.05, 0.1) is 13.2 Å². The molecular formula is C32H40N2O3. The van der Waals surface area contributed by atoms with Crippen LogP contribution >= 0.6 is 0 Å². The predicted molar refractivity (Wildman–Crippen MR) is 151 cm³/mol. The van der Waals surface area contributed by atoms with Gasteiger partial charge in [0.25, 0.3) is 0 Å². The molecule has 0 spiro atoms. The van der Waals surface area contributed by atoms with E-state index in [9.17, 15) is 4.79 Å². The molecule has 0 saturated carbocycles. The van der Waals surface area contributed by atoms with E-state index in [4.69, 9.17) is 9.84 Å². The van der Waals surface area contributed by atoms with Crippen molar-refractivity contribution >= 4 is 5.97 Å². The molecule has 1 fully saturated rings. The molecule has 1 aliphatic rings. The van der Waals surface area contributed by atoms with Crippen LogP contribution in [0.4, 0.5) is 0 Å². The number of likely N-dealkylation sites (tertiary alicyclic amines) is 1. The summed E-state index contributed by atoms with van der Waals surface area (Å²) in [4.78, 5) is 13.3. The van der Waals surface area contributed by atoms with Crippen molar-refractivity contribution in [1.82, 2.24) is 10.2 Å². The number of carboxylic acids is 1. The molecule has 0 unspecified atom stereocenters. The van der Waals surface area contributed by atoms with E-state index in [1.54, 1.807) is 0 Å². The zero-order chi connectivity index (χ0) is 26.4. The van der Waals surface area contributed by atoms with E-state index in [-0.39, 0.29) is 6.54 Å². The van der Waals surface area contributed by atoms with Crippen LogP contribution in [0.25, 0.3) is 22.3 Å². The number of benzene rings is 3. The maximum Gasteiger partial charge on any atom is 0.317 e. The lowest BCUT2D eigenvalue weighted by Crippen LogP contribution is -2.34. The molecule has 3 aromatic carbocycles. The van der Waals surface area contributed by atoms with Gasteiger partial charge in [0.2, 0.25) is 0 Å². The lowest BCUT2D eigenvalue weighted by molar-refractivity contribution is -0.136. The molecule has 2 N–H and O–H groups in total. The predicted octanol–water partition coefficient (Wildman–Crippen LogP) is 6.45. The molecule has 37 heavy (non-hydrogen) atoms. The summed E-state index contributed by atoms with van der Waals surface area (Å²) in [7, 11) is 0. The molecule has 5 nitrogen and oxygen atoms in total. The van der Waals surface area contributed by atoms with Crippen molar-refractivity contribution in [3.63, 3.8) is 0 Å². The van der Waals surface area contributed by atoms with Crippen LogP contribution in [0.3, 0.4) is 0 Å². The van der Waals surface area contributed by atoms with Gasteiger partial charge in [-0.3, -0.25) is 9.69 Å². The smallest absolute Gasteiger partial charge is 0.317 e. The molecule has 0 aliphatic carbocycles. The van der Waals surface area contributed by atoms with Crippen LogP contribution in [0.5, 0.6) is 5.75 Å². The Hall–Kier alpha value is -3.15. The van der Waals surface area contributed by atoms with Gasteiger partial charge in [-0.1, -0.05) is 54.6 Å². The molecule has 0 aromatic heterocycles. The highest BCUT2D eigenvalue weighted by Crippen LogP contribution is 2.36. The Labute approximate surface area is 221 Å². The normalized spacial score (nSPS) is 17.7. The number of nitrogens with zero attached hydrogens (tertiary/aromatic N) is 1. The van der Waals surface area contributed by atoms with Gasteiger partial charge in [0, 0.05) is 25.2 Å². The minimum atomic E-state index is -0.847. The van der Waals surface area contributed by atoms with Crippen LogP contribution in [0, 0.1) is 13.8 Å². The van der Waals surface area contributed by atoms with Crippen LogP contribution in [0.2, 0.25) is 0 Å². The lowest BCUT2D eigenvalue weighted by atomic mass is 9.90. The molecule has 1 saturated heterocycles. The average molecular weight is 501 g/mol. The second kappa shape index (κ2) is 12.4. The summed E-state index contributed by atoms with van der Waals surface area (Å²) in [5.41, 5.74) is 8.23. The quantitative estimate of drug-likeness (QED) is 0.296. The van der Waals surface area contributed by atoms with Crippen LogP contribution in [-0.4, -0.2) is 47.8 Å². The first-order chi connectivity index (χ1) is 17.8. The van der Waals surface area contributed by atoms with Crippen LogP contribution < -0.4 is 10.1 Å². The molecule has 4 rings (SSSR count). The number of nitrogens with one attached hydrogen (secondary N) is 1. The molecule has 0 radical (unpaired) electrons. The van der Waals surface area contributed by atoms with Crippen LogP contribution in [-0.2, 0) is 11.3 Å². The zero-order valence-electron chi connectivity index (χ0n) is 22.6. The van der Waals surface area contributed by atoms with Gasteiger partial charge in [0.15, 0.2) is 0 Å². The fraction of sp³-hybridized carbons (Fsp3) is 0.406. The Balaban J connectivity index is 1.45. The van der Waals surface area contributed by atoms with Gasteiger partial charge in [-0.25, -0.2) is 0 Å². The third-order valence-electron chi connectivity index (χ3n) is 7.73. The van der Waals surface area contributed by atoms with E-state index < -0.39 is 5.97 Å². The molecule has 3 aromatic rings. The van der Waals surface area contributed by atoms with Gasteiger partial charge < -0.3 is 15.2 Å². The second-order valence-corrected chi connectivity index (χ2v) is 10.3. The van der Waals surface area contributed by atoms with Gasteiger partial charge in [-0.15, -0.1) is 0 Å². The highest BCUT2D eigenvalue weighted by Gasteiger charge is 2.26. The van der Waals surface area contributed by atoms with Crippen LogP contribution in [0.1, 0.15) is 49.8 Å². The Bertz CT molecular complexity index is 1200. The number of hydrogen-bond acceptors (Lipinski definition) is 4. The summed E-state index contributed by atoms with van der Waals surface area (Å²) in [5, 5.41) is 11.7. The summed E-state index contributed by atoms with van der Waals surface area (Å²) in [6, 6.07) is 22.5. The summed E-state index contributed by atoms with van der Waals surface area (Å²) in [6.45, 7) is 11.3. The molecule has 0 amide bonds. The Morgan fingerprint density at radius 2 is 1.54 bits per heavy atom. The van der Waals surface area contributed by atoms with E-state index in [2.05, 4.69) is 98.6 Å². The monoisotopic (exact) mass is 500 g/mol. The zero-order valence-corrected chi connectivity index (χ0v) is 22.6. The van der Waals surface area contributed by atoms with Crippen molar-refractivity contribution < 1.29 is 14.6 Å². The van der Waals surface area contributed by atoms with E-state index >= 15 is 0 Å². The van der Waals surface area contributed by atoms with Gasteiger partial charge in [-0.2, -0.15) is 0 Å². The molecular weight excluding hydrogens is 460 g/mol. The highest BCUT2D eigenvalue weighted by atomic mass is 16.5. The number of carboxylic acid groups (broad SMARTS) is 1. The van der Waals surface area contributed by atoms with Gasteiger partial charge in [0.1, 0.15) is 5.75 Å². The standard InChI is InChI=1S/C32H40N2O3/c1-22-12-13-23(2)34(22)18-7-19-37-31-11-6-10-30(25(31)4)29-9-5-8-28(24(29)3)27-16-14-26(15-17-27)20-33-21-32(35)36/h5-6,8-11,14-17,22-23,33H,7,12-13,18-21H2,1-4H3,(H,35,36)/t22-,23-/m1/s1. The molecule has 2 atom stereocenters. The molecule has 1 aliphatic heterocycles. The fourth-order valence-electron chi connectivity index (χ4n) is 5.54. The second-order valence-electron chi connectivity index (χ2n) is 10.3. The van der Waals surface area contributed by atoms with Crippen molar-refractivity contribution in [3.05, 3.63) is 77.4 Å². The first kappa shape index (κ1) is 26.9. The maximum absolute atomic E-state index is 10.7. The summed E-state index contributed by atoms with van der Waals surface area (Å²) < 4.78 is 6.27. The average Bonchev–Trinajstić information content (AvgIpc) is 3.20. The Kier molecular flexibility index (Phi) is 9.01. The Morgan fingerprint density at radius 3 is 2.22 bits per heavy atom. The number of ether oxygens (including phenoxy) is 1. The van der Waals surface area contributed by atoms with Crippen molar-refractivity contribution in [2.45, 2.75) is 65.6 Å². The summed E-state index contributed by atoms with van der Waals surface area (Å²) in [5.74, 6) is 0.114. The number of carbonyl (C=O) groups is 1. The molecule has 5 heteroatoms. The van der Waals surface area contributed by atoms with Crippen molar-refractivity contribution in [2.75, 3.05) is 19.7 Å². The van der Waals surface area contributed by atoms with Gasteiger partial charge >= 0.3 is 5.97 Å². The largest absolute Gasteiger partial charge is 0.493 e. The van der Waals surface area contributed by atoms with E-state index in [0.29, 0.717) is 18.6 Å². The van der Waals surface area contributed by atoms with Crippen molar-refractivity contribution in [1.29, 1.82) is 0 Å². The van der Waals surface area contributed by atoms with Crippen molar-refractivity contribution in [3.8, 4) is 28.0 Å². The molecule has 196 valence electrons. The first-order valence-electron chi connectivity index (χ1n) is 13.4. The lowest BCUT2D eigenvalue weighted by Gasteiger charge is -2.25. The number of rotatable bonds is 11. The SMILES string of the molecule is Cc1c(OCCCN2[C@H](C)CC[C@H]2C)cccc1-c1cccc(-c2ccc(CNCC(=O)O)cc2)c1C. The molecule has 0 bridgehead atoms. The Morgan fingerprint density at radius 1 is 0.919 bits per heavy atom. The highest BCUT2D eigenvalue weighted by molar-refractivity contribution is 5.80. The summed E-state index contributed by atoms with van der Waals surface area (Å²) in [6.07, 6.45) is 3.64. The molecule has 1 heterocycles. The third kappa shape index (κ3) is 6.60. The number of aliphatic carboxylic acids is 1. The van der Waals surface area contributed by atoms with E-state index in [1.807, 2.05) is 0 Å². The van der Waals surface area contributed by atoms with Crippen molar-refractivity contribution in [2.24, 2.45) is 0 Å². The van der Waals surface area contributed by atoms with E-state index in [1.165, 1.54) is 40.7 Å². The van der Waals surface area contributed by atoms with Crippen LogP contribution in [0.15, 0.2) is 60.7 Å². The van der Waals surface area contributed by atoms with Gasteiger partial charge in [-0.05, 0) is 92.0 Å². The van der Waals surface area contributed by atoms with E-state index in [0.717, 1.165) is 36.4 Å². The topological polar surface area (TPSA) is 61.8 Å².